The maximum Gasteiger partial charge on any atom is 0.00693 e. The Morgan fingerprint density at radius 1 is 0.929 bits per heavy atom. The Kier molecular flexibility index (Phi) is 4.94. The molecule has 0 bridgehead atoms. The van der Waals surface area contributed by atoms with Crippen LogP contribution in [0.15, 0.2) is 0 Å². The lowest BCUT2D eigenvalue weighted by Crippen LogP contribution is -2.40. The Balaban J connectivity index is 2.33. The third-order valence-corrected chi connectivity index (χ3v) is 3.78. The molecule has 0 saturated heterocycles. The summed E-state index contributed by atoms with van der Waals surface area (Å²) in [6.07, 6.45) is 7.32. The van der Waals surface area contributed by atoms with Crippen LogP contribution in [0.3, 0.4) is 0 Å². The summed E-state index contributed by atoms with van der Waals surface area (Å²) in [6.45, 7) is 9.25. The lowest BCUT2D eigenvalue weighted by Gasteiger charge is -2.33. The molecule has 2 unspecified atom stereocenters. The number of hydrogen-bond acceptors (Lipinski definition) is 1. The molecular weight excluding hydrogens is 170 g/mol. The van der Waals surface area contributed by atoms with E-state index in [2.05, 4.69) is 33.0 Å². The van der Waals surface area contributed by atoms with Gasteiger partial charge in [0.15, 0.2) is 0 Å². The predicted octanol–water partition coefficient (Wildman–Crippen LogP) is 3.59. The van der Waals surface area contributed by atoms with Gasteiger partial charge < -0.3 is 5.32 Å². The Morgan fingerprint density at radius 2 is 1.50 bits per heavy atom. The average molecular weight is 197 g/mol. The van der Waals surface area contributed by atoms with E-state index in [0.29, 0.717) is 12.1 Å². The molecule has 0 spiro atoms. The summed E-state index contributed by atoms with van der Waals surface area (Å²) in [6, 6.07) is 1.30. The van der Waals surface area contributed by atoms with Crippen molar-refractivity contribution in [1.29, 1.82) is 0 Å². The molecule has 2 atom stereocenters. The van der Waals surface area contributed by atoms with Crippen molar-refractivity contribution in [2.24, 2.45) is 11.8 Å². The van der Waals surface area contributed by atoms with E-state index in [1.165, 1.54) is 32.1 Å². The van der Waals surface area contributed by atoms with Crippen molar-refractivity contribution in [3.63, 3.8) is 0 Å². The molecule has 1 saturated carbocycles. The lowest BCUT2D eigenvalue weighted by atomic mass is 9.78. The van der Waals surface area contributed by atoms with E-state index in [9.17, 15) is 0 Å². The van der Waals surface area contributed by atoms with Gasteiger partial charge in [0.25, 0.3) is 0 Å². The largest absolute Gasteiger partial charge is 0.312 e. The molecule has 1 aliphatic carbocycles. The van der Waals surface area contributed by atoms with E-state index in [1.807, 2.05) is 0 Å². The summed E-state index contributed by atoms with van der Waals surface area (Å²) in [4.78, 5) is 0. The molecule has 0 heterocycles. The summed E-state index contributed by atoms with van der Waals surface area (Å²) in [5.41, 5.74) is 0. The predicted molar refractivity (Wildman–Crippen MR) is 63.5 cm³/mol. The summed E-state index contributed by atoms with van der Waals surface area (Å²) < 4.78 is 0. The van der Waals surface area contributed by atoms with E-state index >= 15 is 0 Å². The Labute approximate surface area is 89.7 Å². The molecule has 1 aliphatic rings. The first-order valence-electron chi connectivity index (χ1n) is 6.37. The normalized spacial score (nSPS) is 23.8. The average Bonchev–Trinajstić information content (AvgIpc) is 2.17. The van der Waals surface area contributed by atoms with Crippen molar-refractivity contribution in [1.82, 2.24) is 5.32 Å². The van der Waals surface area contributed by atoms with Crippen molar-refractivity contribution < 1.29 is 0 Å². The number of hydrogen-bond donors (Lipinski definition) is 1. The molecule has 1 heteroatoms. The van der Waals surface area contributed by atoms with Crippen LogP contribution in [0.5, 0.6) is 0 Å². The van der Waals surface area contributed by atoms with Crippen LogP contribution in [-0.4, -0.2) is 12.1 Å². The summed E-state index contributed by atoms with van der Waals surface area (Å²) in [5, 5.41) is 3.64. The maximum atomic E-state index is 3.64. The minimum atomic E-state index is 0.621. The number of rotatable bonds is 4. The second-order valence-electron chi connectivity index (χ2n) is 5.37. The highest BCUT2D eigenvalue weighted by Crippen LogP contribution is 2.31. The van der Waals surface area contributed by atoms with E-state index in [-0.39, 0.29) is 0 Å². The number of nitrogens with one attached hydrogen (secondary N) is 1. The van der Waals surface area contributed by atoms with Crippen molar-refractivity contribution in [3.8, 4) is 0 Å². The smallest absolute Gasteiger partial charge is 0.00693 e. The van der Waals surface area contributed by atoms with Crippen LogP contribution in [0.2, 0.25) is 0 Å². The second kappa shape index (κ2) is 5.75. The molecule has 1 rings (SSSR count). The standard InChI is InChI=1S/C13H27N/c1-10(2)14-12(4)11(3)13-8-6-5-7-9-13/h10-14H,5-9H2,1-4H3. The van der Waals surface area contributed by atoms with Gasteiger partial charge in [-0.3, -0.25) is 0 Å². The fraction of sp³-hybridized carbons (Fsp3) is 1.00. The maximum absolute atomic E-state index is 3.64. The van der Waals surface area contributed by atoms with E-state index in [1.54, 1.807) is 0 Å². The molecule has 84 valence electrons. The van der Waals surface area contributed by atoms with Crippen LogP contribution in [-0.2, 0) is 0 Å². The van der Waals surface area contributed by atoms with Gasteiger partial charge in [-0.2, -0.15) is 0 Å². The van der Waals surface area contributed by atoms with E-state index < -0.39 is 0 Å². The van der Waals surface area contributed by atoms with Crippen molar-refractivity contribution in [2.75, 3.05) is 0 Å². The van der Waals surface area contributed by atoms with Crippen molar-refractivity contribution in [3.05, 3.63) is 0 Å². The highest BCUT2D eigenvalue weighted by Gasteiger charge is 2.24. The third-order valence-electron chi connectivity index (χ3n) is 3.78. The third kappa shape index (κ3) is 3.61. The van der Waals surface area contributed by atoms with Crippen molar-refractivity contribution in [2.45, 2.75) is 71.9 Å². The molecule has 0 aromatic rings. The first kappa shape index (κ1) is 12.0. The van der Waals surface area contributed by atoms with Gasteiger partial charge in [-0.15, -0.1) is 0 Å². The van der Waals surface area contributed by atoms with Gasteiger partial charge >= 0.3 is 0 Å². The molecule has 0 aromatic carbocycles. The first-order valence-corrected chi connectivity index (χ1v) is 6.37. The summed E-state index contributed by atoms with van der Waals surface area (Å²) in [5.74, 6) is 1.82. The molecule has 0 radical (unpaired) electrons. The summed E-state index contributed by atoms with van der Waals surface area (Å²) in [7, 11) is 0. The topological polar surface area (TPSA) is 12.0 Å². The monoisotopic (exact) mass is 197 g/mol. The SMILES string of the molecule is CC(C)NC(C)C(C)C1CCCCC1. The molecule has 0 aliphatic heterocycles. The minimum Gasteiger partial charge on any atom is -0.312 e. The zero-order valence-corrected chi connectivity index (χ0v) is 10.3. The fourth-order valence-corrected chi connectivity index (χ4v) is 2.75. The van der Waals surface area contributed by atoms with Crippen LogP contribution in [0.1, 0.15) is 59.8 Å². The molecular formula is C13H27N. The highest BCUT2D eigenvalue weighted by atomic mass is 14.9. The van der Waals surface area contributed by atoms with Crippen molar-refractivity contribution >= 4 is 0 Å². The Morgan fingerprint density at radius 3 is 2.00 bits per heavy atom. The first-order chi connectivity index (χ1) is 6.61. The lowest BCUT2D eigenvalue weighted by molar-refractivity contribution is 0.213. The fourth-order valence-electron chi connectivity index (χ4n) is 2.75. The van der Waals surface area contributed by atoms with E-state index in [4.69, 9.17) is 0 Å². The minimum absolute atomic E-state index is 0.621. The summed E-state index contributed by atoms with van der Waals surface area (Å²) >= 11 is 0. The van der Waals surface area contributed by atoms with Crippen LogP contribution in [0, 0.1) is 11.8 Å². The molecule has 14 heavy (non-hydrogen) atoms. The molecule has 0 amide bonds. The van der Waals surface area contributed by atoms with Crippen LogP contribution in [0.4, 0.5) is 0 Å². The van der Waals surface area contributed by atoms with Gasteiger partial charge in [-0.25, -0.2) is 0 Å². The van der Waals surface area contributed by atoms with E-state index in [0.717, 1.165) is 11.8 Å². The quantitative estimate of drug-likeness (QED) is 0.726. The van der Waals surface area contributed by atoms with Gasteiger partial charge in [0.1, 0.15) is 0 Å². The van der Waals surface area contributed by atoms with Gasteiger partial charge in [0.05, 0.1) is 0 Å². The van der Waals surface area contributed by atoms with Crippen LogP contribution >= 0.6 is 0 Å². The zero-order chi connectivity index (χ0) is 10.6. The van der Waals surface area contributed by atoms with Gasteiger partial charge in [-0.1, -0.05) is 52.9 Å². The van der Waals surface area contributed by atoms with Crippen LogP contribution in [0.25, 0.3) is 0 Å². The van der Waals surface area contributed by atoms with Gasteiger partial charge in [-0.05, 0) is 18.8 Å². The molecule has 1 fully saturated rings. The Bertz CT molecular complexity index is 147. The van der Waals surface area contributed by atoms with Gasteiger partial charge in [0, 0.05) is 12.1 Å². The Hall–Kier alpha value is -0.0400. The van der Waals surface area contributed by atoms with Gasteiger partial charge in [0.2, 0.25) is 0 Å². The molecule has 0 aromatic heterocycles. The molecule has 1 N–H and O–H groups in total. The zero-order valence-electron chi connectivity index (χ0n) is 10.3. The molecule has 1 nitrogen and oxygen atoms in total. The van der Waals surface area contributed by atoms with Crippen LogP contribution < -0.4 is 5.32 Å². The highest BCUT2D eigenvalue weighted by molar-refractivity contribution is 4.79. The second-order valence-corrected chi connectivity index (χ2v) is 5.37.